The van der Waals surface area contributed by atoms with Crippen LogP contribution in [0.4, 0.5) is 4.39 Å². The lowest BCUT2D eigenvalue weighted by Crippen LogP contribution is -2.05. The molecule has 1 unspecified atom stereocenters. The predicted octanol–water partition coefficient (Wildman–Crippen LogP) is 3.04. The Morgan fingerprint density at radius 3 is 2.86 bits per heavy atom. The van der Waals surface area contributed by atoms with E-state index in [9.17, 15) is 14.3 Å². The van der Waals surface area contributed by atoms with Crippen molar-refractivity contribution in [1.29, 1.82) is 5.26 Å². The topological polar surface area (TPSA) is 74.0 Å². The molecule has 1 aromatic carbocycles. The van der Waals surface area contributed by atoms with Gasteiger partial charge in [0.1, 0.15) is 18.2 Å². The van der Waals surface area contributed by atoms with Crippen LogP contribution in [0.15, 0.2) is 30.6 Å². The average molecular weight is 305 g/mol. The number of aldehydes is 1. The van der Waals surface area contributed by atoms with Gasteiger partial charge in [-0.15, -0.1) is 0 Å². The van der Waals surface area contributed by atoms with Crippen LogP contribution in [-0.4, -0.2) is 16.4 Å². The highest BCUT2D eigenvalue weighted by Crippen LogP contribution is 2.32. The molecule has 1 N–H and O–H groups in total. The van der Waals surface area contributed by atoms with E-state index in [0.717, 1.165) is 6.20 Å². The largest absolute Gasteiger partial charge is 0.388 e. The minimum absolute atomic E-state index is 0.0159. The van der Waals surface area contributed by atoms with Crippen molar-refractivity contribution in [3.8, 4) is 17.2 Å². The summed E-state index contributed by atoms with van der Waals surface area (Å²) in [6.07, 6.45) is 1.37. The van der Waals surface area contributed by atoms with Crippen LogP contribution in [0.25, 0.3) is 11.1 Å². The quantitative estimate of drug-likeness (QED) is 0.881. The summed E-state index contributed by atoms with van der Waals surface area (Å²) in [4.78, 5) is 14.3. The first-order valence-electron chi connectivity index (χ1n) is 6.03. The molecule has 6 heteroatoms. The van der Waals surface area contributed by atoms with Gasteiger partial charge in [-0.2, -0.15) is 5.26 Å². The lowest BCUT2D eigenvalue weighted by molar-refractivity contribution is -0.109. The highest BCUT2D eigenvalue weighted by atomic mass is 35.5. The van der Waals surface area contributed by atoms with Crippen molar-refractivity contribution < 1.29 is 14.3 Å². The van der Waals surface area contributed by atoms with Crippen LogP contribution in [-0.2, 0) is 4.79 Å². The zero-order chi connectivity index (χ0) is 15.4. The van der Waals surface area contributed by atoms with Gasteiger partial charge in [-0.05, 0) is 17.7 Å². The van der Waals surface area contributed by atoms with E-state index in [1.54, 1.807) is 6.07 Å². The third-order valence-corrected chi connectivity index (χ3v) is 3.30. The number of hydrogen-bond acceptors (Lipinski definition) is 4. The Balaban J connectivity index is 2.59. The number of halogens is 2. The zero-order valence-electron chi connectivity index (χ0n) is 10.8. The molecule has 0 saturated heterocycles. The molecule has 106 valence electrons. The minimum Gasteiger partial charge on any atom is -0.388 e. The number of nitriles is 1. The molecule has 2 rings (SSSR count). The second-order valence-electron chi connectivity index (χ2n) is 4.31. The Hall–Kier alpha value is -2.29. The number of benzene rings is 1. The molecule has 21 heavy (non-hydrogen) atoms. The summed E-state index contributed by atoms with van der Waals surface area (Å²) >= 11 is 5.96. The lowest BCUT2D eigenvalue weighted by Gasteiger charge is -2.14. The fraction of sp³-hybridized carbons (Fsp3) is 0.133. The molecule has 2 aromatic rings. The van der Waals surface area contributed by atoms with Crippen LogP contribution >= 0.6 is 11.6 Å². The van der Waals surface area contributed by atoms with Crippen LogP contribution in [0, 0.1) is 17.1 Å². The molecule has 0 radical (unpaired) electrons. The van der Waals surface area contributed by atoms with Gasteiger partial charge in [-0.3, -0.25) is 4.98 Å². The van der Waals surface area contributed by atoms with Crippen molar-refractivity contribution in [2.75, 3.05) is 0 Å². The highest BCUT2D eigenvalue weighted by Gasteiger charge is 2.19. The SMILES string of the molecule is N#Cc1ccc(-c2cncc(F)c2C(O)CC=O)cc1Cl. The Morgan fingerprint density at radius 1 is 1.48 bits per heavy atom. The molecule has 0 spiro atoms. The van der Waals surface area contributed by atoms with Gasteiger partial charge in [0.05, 0.1) is 22.9 Å². The van der Waals surface area contributed by atoms with E-state index in [1.165, 1.54) is 18.3 Å². The number of pyridine rings is 1. The van der Waals surface area contributed by atoms with Crippen molar-refractivity contribution in [3.63, 3.8) is 0 Å². The van der Waals surface area contributed by atoms with E-state index in [-0.39, 0.29) is 17.0 Å². The zero-order valence-corrected chi connectivity index (χ0v) is 11.5. The number of carbonyl (C=O) groups is 1. The van der Waals surface area contributed by atoms with Gasteiger partial charge < -0.3 is 9.90 Å². The molecule has 4 nitrogen and oxygen atoms in total. The second kappa shape index (κ2) is 6.44. The summed E-state index contributed by atoms with van der Waals surface area (Å²) in [5.74, 6) is -0.706. The molecule has 0 aliphatic rings. The molecular weight excluding hydrogens is 295 g/mol. The van der Waals surface area contributed by atoms with Crippen LogP contribution in [0.1, 0.15) is 23.7 Å². The monoisotopic (exact) mass is 304 g/mol. The van der Waals surface area contributed by atoms with Crippen molar-refractivity contribution in [1.82, 2.24) is 4.98 Å². The fourth-order valence-electron chi connectivity index (χ4n) is 2.00. The summed E-state index contributed by atoms with van der Waals surface area (Å²) < 4.78 is 13.9. The Kier molecular flexibility index (Phi) is 4.63. The Labute approximate surface area is 125 Å². The third kappa shape index (κ3) is 3.07. The second-order valence-corrected chi connectivity index (χ2v) is 4.71. The number of nitrogens with zero attached hydrogens (tertiary/aromatic N) is 2. The van der Waals surface area contributed by atoms with Gasteiger partial charge in [-0.1, -0.05) is 17.7 Å². The van der Waals surface area contributed by atoms with E-state index in [2.05, 4.69) is 4.98 Å². The van der Waals surface area contributed by atoms with Crippen LogP contribution < -0.4 is 0 Å². The summed E-state index contributed by atoms with van der Waals surface area (Å²) in [5, 5.41) is 19.0. The van der Waals surface area contributed by atoms with E-state index in [0.29, 0.717) is 23.0 Å². The number of carbonyl (C=O) groups excluding carboxylic acids is 1. The van der Waals surface area contributed by atoms with E-state index >= 15 is 0 Å². The van der Waals surface area contributed by atoms with Gasteiger partial charge in [-0.25, -0.2) is 4.39 Å². The van der Waals surface area contributed by atoms with E-state index in [4.69, 9.17) is 16.9 Å². The molecule has 0 aliphatic carbocycles. The van der Waals surface area contributed by atoms with E-state index in [1.807, 2.05) is 6.07 Å². The van der Waals surface area contributed by atoms with E-state index < -0.39 is 11.9 Å². The number of aromatic nitrogens is 1. The molecule has 1 aromatic heterocycles. The summed E-state index contributed by atoms with van der Waals surface area (Å²) in [5.41, 5.74) is 1.11. The summed E-state index contributed by atoms with van der Waals surface area (Å²) in [6.45, 7) is 0. The first-order valence-corrected chi connectivity index (χ1v) is 6.41. The van der Waals surface area contributed by atoms with Gasteiger partial charge >= 0.3 is 0 Å². The van der Waals surface area contributed by atoms with Crippen molar-refractivity contribution >= 4 is 17.9 Å². The third-order valence-electron chi connectivity index (χ3n) is 2.99. The van der Waals surface area contributed by atoms with Gasteiger partial charge in [0.25, 0.3) is 0 Å². The standard InChI is InChI=1S/C15H10ClFN2O2/c16-12-5-9(1-2-10(12)6-18)11-7-19-8-13(17)15(11)14(21)3-4-20/h1-2,4-5,7-8,14,21H,3H2. The Morgan fingerprint density at radius 2 is 2.24 bits per heavy atom. The maximum absolute atomic E-state index is 13.9. The maximum Gasteiger partial charge on any atom is 0.147 e. The number of rotatable bonds is 4. The van der Waals surface area contributed by atoms with Gasteiger partial charge in [0.2, 0.25) is 0 Å². The molecular formula is C15H10ClFN2O2. The van der Waals surface area contributed by atoms with Crippen molar-refractivity contribution in [3.05, 3.63) is 52.6 Å². The molecule has 0 bridgehead atoms. The fourth-order valence-corrected chi connectivity index (χ4v) is 2.22. The number of aliphatic hydroxyl groups excluding tert-OH is 1. The van der Waals surface area contributed by atoms with Crippen LogP contribution in [0.5, 0.6) is 0 Å². The molecule has 0 amide bonds. The highest BCUT2D eigenvalue weighted by molar-refractivity contribution is 6.32. The Bertz CT molecular complexity index is 728. The van der Waals surface area contributed by atoms with Gasteiger partial charge in [0.15, 0.2) is 0 Å². The number of hydrogen-bond donors (Lipinski definition) is 1. The number of aliphatic hydroxyl groups is 1. The van der Waals surface area contributed by atoms with Gasteiger partial charge in [0, 0.05) is 23.7 Å². The van der Waals surface area contributed by atoms with Crippen molar-refractivity contribution in [2.24, 2.45) is 0 Å². The molecule has 1 atom stereocenters. The van der Waals surface area contributed by atoms with Crippen LogP contribution in [0.2, 0.25) is 5.02 Å². The molecule has 0 saturated carbocycles. The molecule has 0 fully saturated rings. The summed E-state index contributed by atoms with van der Waals surface area (Å²) in [7, 11) is 0. The first kappa shape index (κ1) is 15.1. The van der Waals surface area contributed by atoms with Crippen molar-refractivity contribution in [2.45, 2.75) is 12.5 Å². The average Bonchev–Trinajstić information content (AvgIpc) is 2.47. The molecule has 1 heterocycles. The lowest BCUT2D eigenvalue weighted by atomic mass is 9.96. The molecule has 0 aliphatic heterocycles. The predicted molar refractivity (Wildman–Crippen MR) is 75.0 cm³/mol. The minimum atomic E-state index is -1.27. The maximum atomic E-state index is 13.9. The normalized spacial score (nSPS) is 11.7. The summed E-state index contributed by atoms with van der Waals surface area (Å²) in [6, 6.07) is 6.50. The first-order chi connectivity index (χ1) is 10.1. The smallest absolute Gasteiger partial charge is 0.147 e. The van der Waals surface area contributed by atoms with Crippen LogP contribution in [0.3, 0.4) is 0 Å².